The Labute approximate surface area is 151 Å². The van der Waals surface area contributed by atoms with Gasteiger partial charge in [-0.25, -0.2) is 4.98 Å². The van der Waals surface area contributed by atoms with Crippen LogP contribution in [0.4, 0.5) is 11.8 Å². The highest BCUT2D eigenvalue weighted by Crippen LogP contribution is 2.28. The Kier molecular flexibility index (Phi) is 5.00. The van der Waals surface area contributed by atoms with Crippen LogP contribution in [0.25, 0.3) is 0 Å². The van der Waals surface area contributed by atoms with Crippen LogP contribution in [-0.2, 0) is 22.6 Å². The molecular formula is C17H24N6O3. The van der Waals surface area contributed by atoms with Crippen LogP contribution in [0.3, 0.4) is 0 Å². The molecule has 0 unspecified atom stereocenters. The normalized spacial score (nSPS) is 20.4. The predicted molar refractivity (Wildman–Crippen MR) is 95.1 cm³/mol. The van der Waals surface area contributed by atoms with Gasteiger partial charge < -0.3 is 24.8 Å². The number of ether oxygens (including phenoxy) is 2. The minimum Gasteiger partial charge on any atom is -0.389 e. The molecule has 3 N–H and O–H groups in total. The van der Waals surface area contributed by atoms with E-state index in [-0.39, 0.29) is 6.10 Å². The van der Waals surface area contributed by atoms with Crippen molar-refractivity contribution in [2.45, 2.75) is 31.6 Å². The Morgan fingerprint density at radius 2 is 2.27 bits per heavy atom. The number of hydrogen-bond acceptors (Lipinski definition) is 8. The molecule has 0 aliphatic carbocycles. The fraction of sp³-hybridized carbons (Fsp3) is 0.588. The number of rotatable bonds is 7. The highest BCUT2D eigenvalue weighted by molar-refractivity contribution is 5.46. The molecule has 2 fully saturated rings. The third-order valence-corrected chi connectivity index (χ3v) is 4.66. The summed E-state index contributed by atoms with van der Waals surface area (Å²) < 4.78 is 10.6. The lowest BCUT2D eigenvalue weighted by atomic mass is 10.0. The first kappa shape index (κ1) is 17.2. The lowest BCUT2D eigenvalue weighted by molar-refractivity contribution is 0.140. The maximum atomic E-state index is 9.57. The second-order valence-corrected chi connectivity index (χ2v) is 6.77. The van der Waals surface area contributed by atoms with Crippen molar-refractivity contribution in [3.63, 3.8) is 0 Å². The highest BCUT2D eigenvalue weighted by Gasteiger charge is 2.28. The van der Waals surface area contributed by atoms with Gasteiger partial charge >= 0.3 is 0 Å². The lowest BCUT2D eigenvalue weighted by Crippen LogP contribution is -2.51. The second kappa shape index (κ2) is 7.56. The Morgan fingerprint density at radius 1 is 1.38 bits per heavy atom. The molecule has 2 aromatic rings. The first-order chi connectivity index (χ1) is 12.7. The molecule has 0 bridgehead atoms. The molecule has 2 aliphatic rings. The number of aromatic amines is 1. The zero-order valence-corrected chi connectivity index (χ0v) is 14.8. The number of aromatic nitrogens is 4. The van der Waals surface area contributed by atoms with E-state index >= 15 is 0 Å². The van der Waals surface area contributed by atoms with Crippen molar-refractivity contribution in [3.8, 4) is 0 Å². The van der Waals surface area contributed by atoms with E-state index in [4.69, 9.17) is 14.5 Å². The van der Waals surface area contributed by atoms with E-state index in [1.165, 1.54) is 0 Å². The molecule has 4 rings (SSSR count). The number of β-amino-alcohol motifs (C(OH)–C–C–N with tert-alkyl or cyclic N) is 1. The lowest BCUT2D eigenvalue weighted by Gasteiger charge is -2.36. The minimum absolute atomic E-state index is 0.294. The molecule has 140 valence electrons. The van der Waals surface area contributed by atoms with Crippen LogP contribution in [-0.4, -0.2) is 64.8 Å². The largest absolute Gasteiger partial charge is 0.389 e. The summed E-state index contributed by atoms with van der Waals surface area (Å²) in [5.74, 6) is 1.72. The van der Waals surface area contributed by atoms with Crippen LogP contribution in [0.1, 0.15) is 29.4 Å². The quantitative estimate of drug-likeness (QED) is 0.660. The molecule has 1 atom stereocenters. The van der Waals surface area contributed by atoms with Crippen LogP contribution in [0.5, 0.6) is 0 Å². The van der Waals surface area contributed by atoms with Crippen LogP contribution in [0, 0.1) is 0 Å². The number of nitrogens with one attached hydrogen (secondary N) is 2. The van der Waals surface area contributed by atoms with Crippen molar-refractivity contribution in [1.82, 2.24) is 20.2 Å². The molecule has 2 saturated heterocycles. The average Bonchev–Trinajstić information content (AvgIpc) is 3.29. The molecule has 26 heavy (non-hydrogen) atoms. The van der Waals surface area contributed by atoms with E-state index in [2.05, 4.69) is 20.5 Å². The Hall–Kier alpha value is -2.23. The number of hydrogen-bond donors (Lipinski definition) is 3. The summed E-state index contributed by atoms with van der Waals surface area (Å²) in [5.41, 5.74) is 2.81. The van der Waals surface area contributed by atoms with Crippen LogP contribution < -0.4 is 10.2 Å². The molecule has 0 amide bonds. The average molecular weight is 360 g/mol. The van der Waals surface area contributed by atoms with Gasteiger partial charge in [0.2, 0.25) is 5.95 Å². The van der Waals surface area contributed by atoms with E-state index < -0.39 is 0 Å². The number of anilines is 2. The van der Waals surface area contributed by atoms with Crippen LogP contribution in [0.2, 0.25) is 0 Å². The van der Waals surface area contributed by atoms with Gasteiger partial charge in [0.15, 0.2) is 0 Å². The number of aliphatic hydroxyl groups is 1. The van der Waals surface area contributed by atoms with Gasteiger partial charge in [-0.1, -0.05) is 0 Å². The van der Waals surface area contributed by atoms with Gasteiger partial charge in [0.1, 0.15) is 5.82 Å². The van der Waals surface area contributed by atoms with Gasteiger partial charge in [0, 0.05) is 38.8 Å². The number of H-pyrrole nitrogens is 1. The number of aliphatic hydroxyl groups excluding tert-OH is 1. The van der Waals surface area contributed by atoms with Crippen molar-refractivity contribution >= 4 is 11.8 Å². The highest BCUT2D eigenvalue weighted by atomic mass is 16.5. The van der Waals surface area contributed by atoms with Crippen molar-refractivity contribution in [3.05, 3.63) is 29.2 Å². The zero-order chi connectivity index (χ0) is 17.9. The van der Waals surface area contributed by atoms with E-state index in [9.17, 15) is 5.11 Å². The Bertz CT molecular complexity index is 740. The molecule has 9 heteroatoms. The Balaban J connectivity index is 1.49. The standard InChI is InChI=1S/C17H24N6O3/c1-25-10-13-4-12(21-22-13)6-18-16-5-15(11-2-3-26-9-11)19-17(20-16)23-7-14(24)8-23/h4-5,11,14,24H,2-3,6-10H2,1H3,(H,21,22)(H,18,19,20)/t11-/m1/s1. The first-order valence-corrected chi connectivity index (χ1v) is 8.87. The summed E-state index contributed by atoms with van der Waals surface area (Å²) in [5, 5.41) is 20.1. The second-order valence-electron chi connectivity index (χ2n) is 6.77. The van der Waals surface area contributed by atoms with Crippen molar-refractivity contribution < 1.29 is 14.6 Å². The van der Waals surface area contributed by atoms with E-state index in [1.807, 2.05) is 17.0 Å². The summed E-state index contributed by atoms with van der Waals surface area (Å²) in [7, 11) is 1.65. The van der Waals surface area contributed by atoms with Gasteiger partial charge in [-0.3, -0.25) is 5.10 Å². The number of methoxy groups -OCH3 is 1. The topological polar surface area (TPSA) is 108 Å². The van der Waals surface area contributed by atoms with Gasteiger partial charge in [0.05, 0.1) is 42.9 Å². The molecule has 2 aliphatic heterocycles. The maximum Gasteiger partial charge on any atom is 0.227 e. The van der Waals surface area contributed by atoms with Gasteiger partial charge in [0.25, 0.3) is 0 Å². The maximum absolute atomic E-state index is 9.57. The molecule has 4 heterocycles. The van der Waals surface area contributed by atoms with E-state index in [0.29, 0.717) is 44.7 Å². The summed E-state index contributed by atoms with van der Waals surface area (Å²) in [6, 6.07) is 3.96. The first-order valence-electron chi connectivity index (χ1n) is 8.87. The molecule has 0 saturated carbocycles. The van der Waals surface area contributed by atoms with Gasteiger partial charge in [-0.05, 0) is 12.5 Å². The summed E-state index contributed by atoms with van der Waals surface area (Å²) in [4.78, 5) is 11.3. The van der Waals surface area contributed by atoms with Crippen LogP contribution in [0.15, 0.2) is 12.1 Å². The van der Waals surface area contributed by atoms with Crippen molar-refractivity contribution in [2.75, 3.05) is 43.6 Å². The zero-order valence-electron chi connectivity index (χ0n) is 14.8. The van der Waals surface area contributed by atoms with Crippen molar-refractivity contribution in [1.29, 1.82) is 0 Å². The monoisotopic (exact) mass is 360 g/mol. The fourth-order valence-electron chi connectivity index (χ4n) is 3.19. The summed E-state index contributed by atoms with van der Waals surface area (Å²) in [6.45, 7) is 3.68. The SMILES string of the molecule is COCc1cc(CNc2cc([C@@H]3CCOC3)nc(N3CC(O)C3)n2)[nH]n1. The minimum atomic E-state index is -0.294. The van der Waals surface area contributed by atoms with Crippen molar-refractivity contribution in [2.24, 2.45) is 0 Å². The van der Waals surface area contributed by atoms with Gasteiger partial charge in [-0.2, -0.15) is 10.1 Å². The predicted octanol–water partition coefficient (Wildman–Crippen LogP) is 0.643. The molecular weight excluding hydrogens is 336 g/mol. The molecule has 9 nitrogen and oxygen atoms in total. The van der Waals surface area contributed by atoms with E-state index in [1.54, 1.807) is 7.11 Å². The molecule has 0 aromatic carbocycles. The molecule has 2 aromatic heterocycles. The molecule has 0 radical (unpaired) electrons. The fourth-order valence-corrected chi connectivity index (χ4v) is 3.19. The third kappa shape index (κ3) is 3.79. The molecule has 0 spiro atoms. The van der Waals surface area contributed by atoms with Crippen LogP contribution >= 0.6 is 0 Å². The third-order valence-electron chi connectivity index (χ3n) is 4.66. The smallest absolute Gasteiger partial charge is 0.227 e. The van der Waals surface area contributed by atoms with E-state index in [0.717, 1.165) is 35.9 Å². The summed E-state index contributed by atoms with van der Waals surface area (Å²) >= 11 is 0. The Morgan fingerprint density at radius 3 is 3.00 bits per heavy atom. The van der Waals surface area contributed by atoms with Gasteiger partial charge in [-0.15, -0.1) is 0 Å². The number of nitrogens with zero attached hydrogens (tertiary/aromatic N) is 4. The summed E-state index contributed by atoms with van der Waals surface area (Å²) in [6.07, 6.45) is 0.678.